The Hall–Kier alpha value is -1.81. The fourth-order valence-corrected chi connectivity index (χ4v) is 3.18. The van der Waals surface area contributed by atoms with Crippen LogP contribution in [0.3, 0.4) is 0 Å². The second-order valence-corrected chi connectivity index (χ2v) is 5.86. The third kappa shape index (κ3) is 2.81. The Morgan fingerprint density at radius 3 is 2.62 bits per heavy atom. The molecule has 0 spiro atoms. The molecule has 21 heavy (non-hydrogen) atoms. The van der Waals surface area contributed by atoms with Gasteiger partial charge in [0.05, 0.1) is 0 Å². The first-order valence-corrected chi connectivity index (χ1v) is 7.62. The summed E-state index contributed by atoms with van der Waals surface area (Å²) in [5.41, 5.74) is 0.771. The summed E-state index contributed by atoms with van der Waals surface area (Å²) in [5.74, 6) is 0.425. The van der Waals surface area contributed by atoms with Crippen LogP contribution in [0, 0.1) is 0 Å². The molecular weight excluding hydrogens is 264 g/mol. The summed E-state index contributed by atoms with van der Waals surface area (Å²) >= 11 is 0. The van der Waals surface area contributed by atoms with E-state index in [-0.39, 0.29) is 5.91 Å². The zero-order valence-electron chi connectivity index (χ0n) is 12.6. The first-order valence-electron chi connectivity index (χ1n) is 7.62. The van der Waals surface area contributed by atoms with E-state index in [1.165, 1.54) is 0 Å². The number of para-hydroxylation sites is 1. The number of carbonyl (C=O) groups is 1. The molecule has 0 aliphatic heterocycles. The van der Waals surface area contributed by atoms with E-state index in [1.54, 1.807) is 0 Å². The van der Waals surface area contributed by atoms with Crippen molar-refractivity contribution in [2.24, 2.45) is 0 Å². The van der Waals surface area contributed by atoms with Crippen molar-refractivity contribution in [2.45, 2.75) is 37.8 Å². The number of nitrogens with zero attached hydrogens (tertiary/aromatic N) is 1. The summed E-state index contributed by atoms with van der Waals surface area (Å²) in [4.78, 5) is 14.4. The fraction of sp³-hybridized carbons (Fsp3) is 0.471. The lowest BCUT2D eigenvalue weighted by Crippen LogP contribution is -2.42. The number of carbonyl (C=O) groups excluding carboxylic acids is 1. The molecule has 112 valence electrons. The average molecular weight is 286 g/mol. The van der Waals surface area contributed by atoms with Crippen LogP contribution in [0.4, 0.5) is 0 Å². The SMILES string of the molecule is CNC1CCC(N(C)C(=O)c2cc3ccccc3o2)CC1. The standard InChI is InChI=1S/C17H22N2O2/c1-18-13-7-9-14(10-8-13)19(2)17(20)16-11-12-5-3-4-6-15(12)21-16/h3-6,11,13-14,18H,7-10H2,1-2H3. The molecule has 1 aliphatic carbocycles. The van der Waals surface area contributed by atoms with Gasteiger partial charge in [0.2, 0.25) is 0 Å². The molecule has 0 saturated heterocycles. The molecule has 1 aromatic heterocycles. The van der Waals surface area contributed by atoms with Gasteiger partial charge >= 0.3 is 0 Å². The Morgan fingerprint density at radius 2 is 1.95 bits per heavy atom. The molecule has 0 atom stereocenters. The number of amides is 1. The van der Waals surface area contributed by atoms with Crippen molar-refractivity contribution >= 4 is 16.9 Å². The van der Waals surface area contributed by atoms with Crippen molar-refractivity contribution in [1.82, 2.24) is 10.2 Å². The molecule has 1 heterocycles. The quantitative estimate of drug-likeness (QED) is 0.943. The van der Waals surface area contributed by atoms with Gasteiger partial charge < -0.3 is 14.6 Å². The summed E-state index contributed by atoms with van der Waals surface area (Å²) in [6.07, 6.45) is 4.35. The van der Waals surface area contributed by atoms with Crippen LogP contribution in [0.2, 0.25) is 0 Å². The van der Waals surface area contributed by atoms with E-state index in [1.807, 2.05) is 49.3 Å². The Kier molecular flexibility index (Phi) is 3.97. The van der Waals surface area contributed by atoms with Crippen molar-refractivity contribution in [3.63, 3.8) is 0 Å². The second-order valence-electron chi connectivity index (χ2n) is 5.86. The number of rotatable bonds is 3. The summed E-state index contributed by atoms with van der Waals surface area (Å²) in [7, 11) is 3.90. The first kappa shape index (κ1) is 14.1. The van der Waals surface area contributed by atoms with Crippen molar-refractivity contribution in [3.05, 3.63) is 36.1 Å². The van der Waals surface area contributed by atoms with Crippen LogP contribution in [-0.4, -0.2) is 37.0 Å². The Bertz CT molecular complexity index is 594. The van der Waals surface area contributed by atoms with Gasteiger partial charge in [0.25, 0.3) is 5.91 Å². The van der Waals surface area contributed by atoms with Gasteiger partial charge in [0, 0.05) is 24.5 Å². The molecule has 1 amide bonds. The molecule has 2 aromatic rings. The molecule has 1 aliphatic rings. The normalized spacial score (nSPS) is 22.4. The van der Waals surface area contributed by atoms with Crippen molar-refractivity contribution in [3.8, 4) is 0 Å². The lowest BCUT2D eigenvalue weighted by atomic mass is 9.90. The van der Waals surface area contributed by atoms with Crippen LogP contribution in [0.15, 0.2) is 34.7 Å². The van der Waals surface area contributed by atoms with Gasteiger partial charge in [-0.05, 0) is 44.9 Å². The molecule has 0 bridgehead atoms. The average Bonchev–Trinajstić information content (AvgIpc) is 2.97. The second kappa shape index (κ2) is 5.90. The third-order valence-electron chi connectivity index (χ3n) is 4.61. The molecular formula is C17H22N2O2. The van der Waals surface area contributed by atoms with Gasteiger partial charge in [-0.15, -0.1) is 0 Å². The molecule has 0 radical (unpaired) electrons. The highest BCUT2D eigenvalue weighted by Gasteiger charge is 2.27. The molecule has 1 fully saturated rings. The van der Waals surface area contributed by atoms with Crippen LogP contribution < -0.4 is 5.32 Å². The van der Waals surface area contributed by atoms with Gasteiger partial charge in [-0.2, -0.15) is 0 Å². The van der Waals surface area contributed by atoms with Crippen molar-refractivity contribution in [1.29, 1.82) is 0 Å². The van der Waals surface area contributed by atoms with Crippen LogP contribution in [0.5, 0.6) is 0 Å². The van der Waals surface area contributed by atoms with Crippen LogP contribution in [0.25, 0.3) is 11.0 Å². The minimum absolute atomic E-state index is 0.0147. The lowest BCUT2D eigenvalue weighted by molar-refractivity contribution is 0.0656. The minimum atomic E-state index is -0.0147. The summed E-state index contributed by atoms with van der Waals surface area (Å²) in [6, 6.07) is 10.5. The largest absolute Gasteiger partial charge is 0.451 e. The first-order chi connectivity index (χ1) is 10.2. The zero-order chi connectivity index (χ0) is 14.8. The van der Waals surface area contributed by atoms with Gasteiger partial charge in [0.1, 0.15) is 5.58 Å². The molecule has 1 aromatic carbocycles. The van der Waals surface area contributed by atoms with Crippen LogP contribution >= 0.6 is 0 Å². The predicted molar refractivity (Wildman–Crippen MR) is 83.4 cm³/mol. The topological polar surface area (TPSA) is 45.5 Å². The van der Waals surface area contributed by atoms with E-state index in [4.69, 9.17) is 4.42 Å². The number of benzene rings is 1. The maximum atomic E-state index is 12.6. The molecule has 3 rings (SSSR count). The smallest absolute Gasteiger partial charge is 0.289 e. The number of fused-ring (bicyclic) bond motifs is 1. The zero-order valence-corrected chi connectivity index (χ0v) is 12.6. The van der Waals surface area contributed by atoms with Gasteiger partial charge in [-0.1, -0.05) is 18.2 Å². The highest BCUT2D eigenvalue weighted by Crippen LogP contribution is 2.25. The Morgan fingerprint density at radius 1 is 1.24 bits per heavy atom. The number of hydrogen-bond acceptors (Lipinski definition) is 3. The summed E-state index contributed by atoms with van der Waals surface area (Å²) < 4.78 is 5.68. The molecule has 4 heteroatoms. The Balaban J connectivity index is 1.72. The number of nitrogens with one attached hydrogen (secondary N) is 1. The van der Waals surface area contributed by atoms with E-state index in [0.29, 0.717) is 17.8 Å². The van der Waals surface area contributed by atoms with E-state index in [0.717, 1.165) is 36.7 Å². The molecule has 1 N–H and O–H groups in total. The lowest BCUT2D eigenvalue weighted by Gasteiger charge is -2.34. The van der Waals surface area contributed by atoms with Crippen molar-refractivity contribution in [2.75, 3.05) is 14.1 Å². The third-order valence-corrected chi connectivity index (χ3v) is 4.61. The molecule has 1 saturated carbocycles. The van der Waals surface area contributed by atoms with E-state index in [2.05, 4.69) is 5.32 Å². The Labute approximate surface area is 125 Å². The highest BCUT2D eigenvalue weighted by molar-refractivity contribution is 5.96. The maximum Gasteiger partial charge on any atom is 0.289 e. The van der Waals surface area contributed by atoms with E-state index in [9.17, 15) is 4.79 Å². The monoisotopic (exact) mass is 286 g/mol. The fourth-order valence-electron chi connectivity index (χ4n) is 3.18. The molecule has 4 nitrogen and oxygen atoms in total. The number of furan rings is 1. The van der Waals surface area contributed by atoms with Gasteiger partial charge in [0.15, 0.2) is 5.76 Å². The summed E-state index contributed by atoms with van der Waals surface area (Å²) in [5, 5.41) is 4.30. The van der Waals surface area contributed by atoms with Crippen LogP contribution in [0.1, 0.15) is 36.2 Å². The van der Waals surface area contributed by atoms with Crippen molar-refractivity contribution < 1.29 is 9.21 Å². The minimum Gasteiger partial charge on any atom is -0.451 e. The maximum absolute atomic E-state index is 12.6. The van der Waals surface area contributed by atoms with Gasteiger partial charge in [-0.3, -0.25) is 4.79 Å². The molecule has 0 unspecified atom stereocenters. The predicted octanol–water partition coefficient (Wildman–Crippen LogP) is 3.04. The number of hydrogen-bond donors (Lipinski definition) is 1. The highest BCUT2D eigenvalue weighted by atomic mass is 16.3. The summed E-state index contributed by atoms with van der Waals surface area (Å²) in [6.45, 7) is 0. The van der Waals surface area contributed by atoms with E-state index < -0.39 is 0 Å². The van der Waals surface area contributed by atoms with Gasteiger partial charge in [-0.25, -0.2) is 0 Å². The van der Waals surface area contributed by atoms with Crippen LogP contribution in [-0.2, 0) is 0 Å². The van der Waals surface area contributed by atoms with E-state index >= 15 is 0 Å².